The second-order valence-electron chi connectivity index (χ2n) is 8.63. The van der Waals surface area contributed by atoms with Gasteiger partial charge in [0.15, 0.2) is 0 Å². The molecule has 0 fully saturated rings. The molecule has 0 saturated carbocycles. The number of ether oxygens (including phenoxy) is 5. The van der Waals surface area contributed by atoms with Crippen molar-refractivity contribution in [2.45, 2.75) is 52.2 Å². The Morgan fingerprint density at radius 3 is 1.47 bits per heavy atom. The molecule has 0 spiro atoms. The molecule has 0 N–H and O–H groups in total. The topological polar surface area (TPSA) is 55.4 Å². The van der Waals surface area contributed by atoms with Crippen LogP contribution in [0.15, 0.2) is 24.3 Å². The molecular formula is C23H42O6Si. The molecule has 0 aliphatic rings. The van der Waals surface area contributed by atoms with E-state index in [9.17, 15) is 0 Å². The van der Waals surface area contributed by atoms with Gasteiger partial charge >= 0.3 is 0 Å². The van der Waals surface area contributed by atoms with Crippen molar-refractivity contribution in [2.24, 2.45) is 0 Å². The van der Waals surface area contributed by atoms with Gasteiger partial charge in [0, 0.05) is 6.61 Å². The van der Waals surface area contributed by atoms with Gasteiger partial charge < -0.3 is 28.1 Å². The van der Waals surface area contributed by atoms with E-state index in [-0.39, 0.29) is 5.04 Å². The molecule has 0 bridgehead atoms. The van der Waals surface area contributed by atoms with Crippen LogP contribution < -0.4 is 9.16 Å². The zero-order valence-corrected chi connectivity index (χ0v) is 20.8. The van der Waals surface area contributed by atoms with Gasteiger partial charge in [0.05, 0.1) is 46.2 Å². The molecule has 30 heavy (non-hydrogen) atoms. The van der Waals surface area contributed by atoms with E-state index in [1.54, 1.807) is 0 Å². The lowest BCUT2D eigenvalue weighted by molar-refractivity contribution is -0.00450. The van der Waals surface area contributed by atoms with Crippen molar-refractivity contribution in [2.75, 3.05) is 59.5 Å². The van der Waals surface area contributed by atoms with Crippen molar-refractivity contribution in [1.82, 2.24) is 0 Å². The minimum absolute atomic E-state index is 0.180. The normalized spacial score (nSPS) is 12.2. The molecule has 7 heteroatoms. The number of hydrogen-bond donors (Lipinski definition) is 0. The molecule has 0 radical (unpaired) electrons. The Kier molecular flexibility index (Phi) is 13.3. The Morgan fingerprint density at radius 2 is 1.03 bits per heavy atom. The Bertz CT molecular complexity index is 542. The van der Waals surface area contributed by atoms with Crippen LogP contribution in [0.3, 0.4) is 0 Å². The van der Waals surface area contributed by atoms with E-state index < -0.39 is 8.32 Å². The zero-order chi connectivity index (χ0) is 22.3. The molecule has 0 heterocycles. The van der Waals surface area contributed by atoms with Crippen molar-refractivity contribution in [3.8, 4) is 11.5 Å². The third-order valence-corrected chi connectivity index (χ3v) is 9.32. The summed E-state index contributed by atoms with van der Waals surface area (Å²) in [6, 6.07) is 7.84. The SMILES string of the molecule is CCCOCCOCCOCCOCCOc1ccc(O[Si](C)(C)C(C)(C)C)cc1. The summed E-state index contributed by atoms with van der Waals surface area (Å²) in [5, 5.41) is 0.180. The first-order valence-electron chi connectivity index (χ1n) is 11.0. The second-order valence-corrected chi connectivity index (χ2v) is 13.4. The van der Waals surface area contributed by atoms with Gasteiger partial charge in [-0.2, -0.15) is 0 Å². The number of rotatable bonds is 17. The molecular weight excluding hydrogens is 400 g/mol. The summed E-state index contributed by atoms with van der Waals surface area (Å²) in [6.45, 7) is 18.6. The predicted octanol–water partition coefficient (Wildman–Crippen LogP) is 4.93. The molecule has 174 valence electrons. The highest BCUT2D eigenvalue weighted by Gasteiger charge is 2.38. The van der Waals surface area contributed by atoms with Crippen LogP contribution in [0.5, 0.6) is 11.5 Å². The van der Waals surface area contributed by atoms with Crippen molar-refractivity contribution >= 4 is 8.32 Å². The van der Waals surface area contributed by atoms with Gasteiger partial charge in [-0.05, 0) is 48.8 Å². The molecule has 6 nitrogen and oxygen atoms in total. The Hall–Kier alpha value is -1.12. The molecule has 0 unspecified atom stereocenters. The largest absolute Gasteiger partial charge is 0.543 e. The van der Waals surface area contributed by atoms with Crippen LogP contribution in [0.2, 0.25) is 18.1 Å². The first-order chi connectivity index (χ1) is 14.3. The van der Waals surface area contributed by atoms with E-state index >= 15 is 0 Å². The molecule has 0 amide bonds. The van der Waals surface area contributed by atoms with Crippen LogP contribution >= 0.6 is 0 Å². The molecule has 1 aromatic carbocycles. The zero-order valence-electron chi connectivity index (χ0n) is 19.8. The number of benzene rings is 1. The fraction of sp³-hybridized carbons (Fsp3) is 0.739. The van der Waals surface area contributed by atoms with Gasteiger partial charge in [0.1, 0.15) is 18.1 Å². The fourth-order valence-electron chi connectivity index (χ4n) is 2.18. The Labute approximate surface area is 184 Å². The minimum atomic E-state index is -1.81. The molecule has 0 atom stereocenters. The quantitative estimate of drug-likeness (QED) is 0.252. The molecule has 1 aromatic rings. The standard InChI is InChI=1S/C23H42O6Si/c1-7-12-24-13-14-25-15-16-26-17-18-27-19-20-28-21-8-10-22(11-9-21)29-30(5,6)23(2,3)4/h8-11H,7,12-20H2,1-6H3. The molecule has 1 rings (SSSR count). The maximum Gasteiger partial charge on any atom is 0.250 e. The maximum absolute atomic E-state index is 6.28. The highest BCUT2D eigenvalue weighted by Crippen LogP contribution is 2.37. The van der Waals surface area contributed by atoms with Gasteiger partial charge in [-0.15, -0.1) is 0 Å². The van der Waals surface area contributed by atoms with Gasteiger partial charge in [0.2, 0.25) is 8.32 Å². The van der Waals surface area contributed by atoms with E-state index in [0.29, 0.717) is 52.9 Å². The van der Waals surface area contributed by atoms with E-state index in [0.717, 1.165) is 24.5 Å². The highest BCUT2D eigenvalue weighted by atomic mass is 28.4. The smallest absolute Gasteiger partial charge is 0.250 e. The summed E-state index contributed by atoms with van der Waals surface area (Å²) < 4.78 is 33.7. The first-order valence-corrected chi connectivity index (χ1v) is 13.9. The molecule has 0 saturated heterocycles. The molecule has 0 aliphatic heterocycles. The maximum atomic E-state index is 6.28. The first kappa shape index (κ1) is 26.9. The van der Waals surface area contributed by atoms with E-state index in [2.05, 4.69) is 40.8 Å². The lowest BCUT2D eigenvalue weighted by Gasteiger charge is -2.36. The van der Waals surface area contributed by atoms with Crippen LogP contribution in [0, 0.1) is 0 Å². The van der Waals surface area contributed by atoms with E-state index in [4.69, 9.17) is 28.1 Å². The summed E-state index contributed by atoms with van der Waals surface area (Å²) in [5.74, 6) is 1.72. The Morgan fingerprint density at radius 1 is 0.633 bits per heavy atom. The van der Waals surface area contributed by atoms with Crippen LogP contribution in [-0.4, -0.2) is 67.8 Å². The van der Waals surface area contributed by atoms with E-state index in [1.165, 1.54) is 0 Å². The second kappa shape index (κ2) is 14.8. The van der Waals surface area contributed by atoms with Crippen LogP contribution in [-0.2, 0) is 18.9 Å². The monoisotopic (exact) mass is 442 g/mol. The summed E-state index contributed by atoms with van der Waals surface area (Å²) in [5.41, 5.74) is 0. The third kappa shape index (κ3) is 11.9. The van der Waals surface area contributed by atoms with Gasteiger partial charge in [-0.25, -0.2) is 0 Å². The summed E-state index contributed by atoms with van der Waals surface area (Å²) >= 11 is 0. The Balaban J connectivity index is 2.02. The van der Waals surface area contributed by atoms with Gasteiger partial charge in [0.25, 0.3) is 0 Å². The summed E-state index contributed by atoms with van der Waals surface area (Å²) in [7, 11) is -1.81. The predicted molar refractivity (Wildman–Crippen MR) is 123 cm³/mol. The van der Waals surface area contributed by atoms with Crippen molar-refractivity contribution < 1.29 is 28.1 Å². The summed E-state index contributed by atoms with van der Waals surface area (Å²) in [6.07, 6.45) is 1.03. The van der Waals surface area contributed by atoms with E-state index in [1.807, 2.05) is 24.3 Å². The van der Waals surface area contributed by atoms with Crippen molar-refractivity contribution in [3.63, 3.8) is 0 Å². The van der Waals surface area contributed by atoms with Gasteiger partial charge in [-0.3, -0.25) is 0 Å². The minimum Gasteiger partial charge on any atom is -0.543 e. The highest BCUT2D eigenvalue weighted by molar-refractivity contribution is 6.74. The summed E-state index contributed by atoms with van der Waals surface area (Å²) in [4.78, 5) is 0. The fourth-order valence-corrected chi connectivity index (χ4v) is 3.21. The lowest BCUT2D eigenvalue weighted by atomic mass is 10.2. The van der Waals surface area contributed by atoms with Crippen molar-refractivity contribution in [1.29, 1.82) is 0 Å². The van der Waals surface area contributed by atoms with Crippen LogP contribution in [0.1, 0.15) is 34.1 Å². The van der Waals surface area contributed by atoms with Gasteiger partial charge in [-0.1, -0.05) is 27.7 Å². The molecule has 0 aliphatic carbocycles. The average Bonchev–Trinajstić information content (AvgIpc) is 2.68. The van der Waals surface area contributed by atoms with Crippen molar-refractivity contribution in [3.05, 3.63) is 24.3 Å². The lowest BCUT2D eigenvalue weighted by Crippen LogP contribution is -2.43. The van der Waals surface area contributed by atoms with Crippen LogP contribution in [0.25, 0.3) is 0 Å². The van der Waals surface area contributed by atoms with Crippen LogP contribution in [0.4, 0.5) is 0 Å². The number of hydrogen-bond acceptors (Lipinski definition) is 6. The third-order valence-electron chi connectivity index (χ3n) is 4.96. The average molecular weight is 443 g/mol. The molecule has 0 aromatic heterocycles.